The van der Waals surface area contributed by atoms with E-state index in [1.807, 2.05) is 19.1 Å². The van der Waals surface area contributed by atoms with Gasteiger partial charge < -0.3 is 15.4 Å². The van der Waals surface area contributed by atoms with Gasteiger partial charge in [-0.3, -0.25) is 9.59 Å². The van der Waals surface area contributed by atoms with E-state index >= 15 is 0 Å². The molecule has 0 aliphatic carbocycles. The number of nitrogens with one attached hydrogen (secondary N) is 2. The van der Waals surface area contributed by atoms with Crippen molar-refractivity contribution in [3.05, 3.63) is 83.7 Å². The van der Waals surface area contributed by atoms with Gasteiger partial charge in [0.25, 0.3) is 11.8 Å². The van der Waals surface area contributed by atoms with E-state index in [1.54, 1.807) is 48.5 Å². The molecular formula is C22H18N4O3. The van der Waals surface area contributed by atoms with Crippen LogP contribution in [0.25, 0.3) is 0 Å². The first-order chi connectivity index (χ1) is 14.1. The summed E-state index contributed by atoms with van der Waals surface area (Å²) >= 11 is 0. The Kier molecular flexibility index (Phi) is 6.18. The molecule has 2 amide bonds. The zero-order valence-electron chi connectivity index (χ0n) is 15.7. The average molecular weight is 386 g/mol. The zero-order chi connectivity index (χ0) is 20.6. The number of amides is 2. The van der Waals surface area contributed by atoms with Gasteiger partial charge in [-0.25, -0.2) is 4.98 Å². The van der Waals surface area contributed by atoms with Gasteiger partial charge in [-0.15, -0.1) is 0 Å². The zero-order valence-corrected chi connectivity index (χ0v) is 15.7. The fourth-order valence-electron chi connectivity index (χ4n) is 2.60. The van der Waals surface area contributed by atoms with Gasteiger partial charge in [0.1, 0.15) is 23.2 Å². The molecule has 7 heteroatoms. The molecule has 0 fully saturated rings. The van der Waals surface area contributed by atoms with Gasteiger partial charge in [0.15, 0.2) is 0 Å². The first-order valence-corrected chi connectivity index (χ1v) is 8.93. The van der Waals surface area contributed by atoms with Crippen LogP contribution in [0.4, 0.5) is 11.4 Å². The third kappa shape index (κ3) is 4.76. The Labute approximate surface area is 168 Å². The maximum Gasteiger partial charge on any atom is 0.274 e. The smallest absolute Gasteiger partial charge is 0.274 e. The number of benzene rings is 2. The molecule has 0 saturated heterocycles. The number of hydrogen-bond acceptors (Lipinski definition) is 5. The predicted octanol–water partition coefficient (Wildman–Crippen LogP) is 3.86. The Morgan fingerprint density at radius 2 is 1.48 bits per heavy atom. The lowest BCUT2D eigenvalue weighted by molar-refractivity contribution is 0.101. The summed E-state index contributed by atoms with van der Waals surface area (Å²) < 4.78 is 5.50. The number of aromatic nitrogens is 1. The summed E-state index contributed by atoms with van der Waals surface area (Å²) in [5.74, 6) is -0.438. The third-order valence-corrected chi connectivity index (χ3v) is 3.95. The number of carbonyl (C=O) groups is 2. The second-order valence-corrected chi connectivity index (χ2v) is 5.90. The number of para-hydroxylation sites is 3. The number of anilines is 2. The van der Waals surface area contributed by atoms with Crippen molar-refractivity contribution in [2.75, 3.05) is 17.2 Å². The lowest BCUT2D eigenvalue weighted by Gasteiger charge is -2.11. The van der Waals surface area contributed by atoms with E-state index in [0.717, 1.165) is 0 Å². The molecule has 0 atom stereocenters. The van der Waals surface area contributed by atoms with Crippen LogP contribution in [0.15, 0.2) is 66.7 Å². The Morgan fingerprint density at radius 3 is 2.14 bits per heavy atom. The monoisotopic (exact) mass is 386 g/mol. The largest absolute Gasteiger partial charge is 0.492 e. The van der Waals surface area contributed by atoms with Crippen LogP contribution in [0.2, 0.25) is 0 Å². The molecule has 0 aliphatic rings. The highest BCUT2D eigenvalue weighted by Gasteiger charge is 2.15. The van der Waals surface area contributed by atoms with Crippen LogP contribution in [-0.2, 0) is 0 Å². The highest BCUT2D eigenvalue weighted by Crippen LogP contribution is 2.24. The van der Waals surface area contributed by atoms with Crippen LogP contribution in [0.3, 0.4) is 0 Å². The number of hydrogen-bond donors (Lipinski definition) is 2. The molecule has 3 rings (SSSR count). The lowest BCUT2D eigenvalue weighted by atomic mass is 10.2. The highest BCUT2D eigenvalue weighted by atomic mass is 16.5. The first-order valence-electron chi connectivity index (χ1n) is 8.93. The maximum absolute atomic E-state index is 12.6. The number of nitrogens with zero attached hydrogens (tertiary/aromatic N) is 2. The number of rotatable bonds is 6. The lowest BCUT2D eigenvalue weighted by Crippen LogP contribution is -2.19. The Bertz CT molecular complexity index is 1090. The van der Waals surface area contributed by atoms with Crippen molar-refractivity contribution in [2.45, 2.75) is 6.92 Å². The van der Waals surface area contributed by atoms with Crippen LogP contribution < -0.4 is 15.4 Å². The molecule has 0 unspecified atom stereocenters. The van der Waals surface area contributed by atoms with E-state index in [4.69, 9.17) is 10.00 Å². The van der Waals surface area contributed by atoms with Gasteiger partial charge in [-0.05, 0) is 43.3 Å². The van der Waals surface area contributed by atoms with Crippen molar-refractivity contribution < 1.29 is 14.3 Å². The fraction of sp³-hybridized carbons (Fsp3) is 0.0909. The molecule has 1 heterocycles. The first kappa shape index (κ1) is 19.6. The highest BCUT2D eigenvalue weighted by molar-refractivity contribution is 6.06. The fourth-order valence-corrected chi connectivity index (χ4v) is 2.60. The minimum atomic E-state index is -0.517. The van der Waals surface area contributed by atoms with Crippen molar-refractivity contribution in [2.24, 2.45) is 0 Å². The van der Waals surface area contributed by atoms with Crippen molar-refractivity contribution in [1.29, 1.82) is 5.26 Å². The van der Waals surface area contributed by atoms with E-state index in [2.05, 4.69) is 15.6 Å². The second kappa shape index (κ2) is 9.15. The molecule has 0 saturated carbocycles. The number of ether oxygens (including phenoxy) is 1. The Hall–Kier alpha value is -4.18. The average Bonchev–Trinajstić information content (AvgIpc) is 2.75. The summed E-state index contributed by atoms with van der Waals surface area (Å²) in [6, 6.07) is 20.3. The van der Waals surface area contributed by atoms with Gasteiger partial charge in [0.05, 0.1) is 23.5 Å². The van der Waals surface area contributed by atoms with Gasteiger partial charge in [0, 0.05) is 0 Å². The number of carbonyl (C=O) groups excluding carboxylic acids is 2. The third-order valence-electron chi connectivity index (χ3n) is 3.95. The van der Waals surface area contributed by atoms with Crippen molar-refractivity contribution >= 4 is 23.2 Å². The van der Waals surface area contributed by atoms with Crippen LogP contribution >= 0.6 is 0 Å². The van der Waals surface area contributed by atoms with Crippen LogP contribution in [0, 0.1) is 11.3 Å². The van der Waals surface area contributed by atoms with Crippen LogP contribution in [0.5, 0.6) is 5.75 Å². The van der Waals surface area contributed by atoms with E-state index in [0.29, 0.717) is 29.3 Å². The summed E-state index contributed by atoms with van der Waals surface area (Å²) in [6.07, 6.45) is 0. The molecule has 0 aliphatic heterocycles. The quantitative estimate of drug-likeness (QED) is 0.669. The maximum atomic E-state index is 12.6. The second-order valence-electron chi connectivity index (χ2n) is 5.90. The van der Waals surface area contributed by atoms with E-state index < -0.39 is 11.8 Å². The summed E-state index contributed by atoms with van der Waals surface area (Å²) in [7, 11) is 0. The topological polar surface area (TPSA) is 104 Å². The Balaban J connectivity index is 1.78. The molecule has 29 heavy (non-hydrogen) atoms. The summed E-state index contributed by atoms with van der Waals surface area (Å²) in [6.45, 7) is 2.32. The van der Waals surface area contributed by atoms with Crippen LogP contribution in [0.1, 0.15) is 33.5 Å². The molecular weight excluding hydrogens is 368 g/mol. The van der Waals surface area contributed by atoms with Crippen molar-refractivity contribution in [3.63, 3.8) is 0 Å². The summed E-state index contributed by atoms with van der Waals surface area (Å²) in [4.78, 5) is 29.3. The van der Waals surface area contributed by atoms with E-state index in [9.17, 15) is 9.59 Å². The molecule has 0 radical (unpaired) electrons. The van der Waals surface area contributed by atoms with Gasteiger partial charge in [-0.2, -0.15) is 5.26 Å². The molecule has 2 N–H and O–H groups in total. The molecule has 7 nitrogen and oxygen atoms in total. The number of nitriles is 1. The standard InChI is InChI=1S/C22H18N4O3/c1-2-29-20-13-6-5-10-17(20)26-22(28)19-12-7-11-18(24-19)21(27)25-16-9-4-3-8-15(16)14-23/h3-13H,2H2,1H3,(H,25,27)(H,26,28). The summed E-state index contributed by atoms with van der Waals surface area (Å²) in [5.41, 5.74) is 1.37. The van der Waals surface area contributed by atoms with Gasteiger partial charge >= 0.3 is 0 Å². The van der Waals surface area contributed by atoms with E-state index in [-0.39, 0.29) is 11.4 Å². The SMILES string of the molecule is CCOc1ccccc1NC(=O)c1cccc(C(=O)Nc2ccccc2C#N)n1. The molecule has 144 valence electrons. The Morgan fingerprint density at radius 1 is 0.897 bits per heavy atom. The predicted molar refractivity (Wildman–Crippen MR) is 109 cm³/mol. The minimum absolute atomic E-state index is 0.0588. The molecule has 2 aromatic carbocycles. The van der Waals surface area contributed by atoms with E-state index in [1.165, 1.54) is 12.1 Å². The van der Waals surface area contributed by atoms with Crippen LogP contribution in [-0.4, -0.2) is 23.4 Å². The molecule has 0 bridgehead atoms. The normalized spacial score (nSPS) is 9.93. The minimum Gasteiger partial charge on any atom is -0.492 e. The molecule has 0 spiro atoms. The van der Waals surface area contributed by atoms with Gasteiger partial charge in [0.2, 0.25) is 0 Å². The number of pyridine rings is 1. The molecule has 1 aromatic heterocycles. The van der Waals surface area contributed by atoms with Crippen molar-refractivity contribution in [3.8, 4) is 11.8 Å². The van der Waals surface area contributed by atoms with Crippen molar-refractivity contribution in [1.82, 2.24) is 4.98 Å². The molecule has 3 aromatic rings. The summed E-state index contributed by atoms with van der Waals surface area (Å²) in [5, 5.41) is 14.5. The van der Waals surface area contributed by atoms with Gasteiger partial charge in [-0.1, -0.05) is 30.3 Å².